The summed E-state index contributed by atoms with van der Waals surface area (Å²) < 4.78 is 2.66. The van der Waals surface area contributed by atoms with Gasteiger partial charge >= 0.3 is 5.97 Å². The van der Waals surface area contributed by atoms with Crippen molar-refractivity contribution in [2.24, 2.45) is 0 Å². The van der Waals surface area contributed by atoms with Gasteiger partial charge in [-0.2, -0.15) is 0 Å². The fourth-order valence-corrected chi connectivity index (χ4v) is 0.534. The lowest BCUT2D eigenvalue weighted by molar-refractivity contribution is -0.140. The van der Waals surface area contributed by atoms with Crippen molar-refractivity contribution in [3.63, 3.8) is 0 Å². The van der Waals surface area contributed by atoms with Crippen LogP contribution in [-0.4, -0.2) is 15.3 Å². The molecule has 0 bridgehead atoms. The van der Waals surface area contributed by atoms with Crippen molar-refractivity contribution in [1.82, 2.24) is 0 Å². The van der Waals surface area contributed by atoms with Crippen LogP contribution in [0.2, 0.25) is 0 Å². The molecule has 0 heterocycles. The molecule has 13 heavy (non-hydrogen) atoms. The number of alkyl halides is 4. The Balaban J connectivity index is 4.23. The molecule has 0 rings (SSSR count). The molecule has 2 nitrogen and oxygen atoms in total. The minimum Gasteiger partial charge on any atom is -0.438 e. The Morgan fingerprint density at radius 2 is 1.92 bits per heavy atom. The number of esters is 1. The molecule has 1 unspecified atom stereocenters. The first-order valence-corrected chi connectivity index (χ1v) is 4.59. The van der Waals surface area contributed by atoms with Crippen LogP contribution in [0.15, 0.2) is 24.8 Å². The Morgan fingerprint density at radius 3 is 2.23 bits per heavy atom. The monoisotopic (exact) mass is 262 g/mol. The Kier molecular flexibility index (Phi) is 5.15. The summed E-state index contributed by atoms with van der Waals surface area (Å²) in [7, 11) is 0. The number of rotatable bonds is 3. The van der Waals surface area contributed by atoms with Gasteiger partial charge in [-0.25, -0.2) is 4.79 Å². The van der Waals surface area contributed by atoms with E-state index >= 15 is 0 Å². The molecule has 0 fully saturated rings. The van der Waals surface area contributed by atoms with Gasteiger partial charge in [0.1, 0.15) is 0 Å². The van der Waals surface area contributed by atoms with Crippen LogP contribution in [-0.2, 0) is 9.53 Å². The second-order valence-electron chi connectivity index (χ2n) is 1.99. The number of carbonyl (C=O) groups is 1. The van der Waals surface area contributed by atoms with Gasteiger partial charge in [-0.1, -0.05) is 65.6 Å². The highest BCUT2D eigenvalue weighted by molar-refractivity contribution is 6.70. The molecular formula is C7H6Cl4O2. The summed E-state index contributed by atoms with van der Waals surface area (Å²) in [4.78, 5) is 11.0. The smallest absolute Gasteiger partial charge is 0.339 e. The fraction of sp³-hybridized carbons (Fsp3) is 0.286. The molecule has 0 spiro atoms. The van der Waals surface area contributed by atoms with E-state index in [1.807, 2.05) is 0 Å². The third-order valence-electron chi connectivity index (χ3n) is 0.976. The average molecular weight is 264 g/mol. The Bertz CT molecular complexity index is 231. The van der Waals surface area contributed by atoms with Gasteiger partial charge in [-0.05, 0) is 0 Å². The number of hydrogen-bond acceptors (Lipinski definition) is 2. The minimum absolute atomic E-state index is 0.0416. The number of ether oxygens (including phenoxy) is 1. The highest BCUT2D eigenvalue weighted by Crippen LogP contribution is 2.34. The van der Waals surface area contributed by atoms with Gasteiger partial charge < -0.3 is 4.74 Å². The second-order valence-corrected chi connectivity index (χ2v) is 4.76. The molecule has 0 saturated carbocycles. The van der Waals surface area contributed by atoms with Crippen molar-refractivity contribution in [3.05, 3.63) is 24.8 Å². The average Bonchev–Trinajstić information content (AvgIpc) is 2.01. The molecular weight excluding hydrogens is 258 g/mol. The van der Waals surface area contributed by atoms with Crippen LogP contribution >= 0.6 is 46.4 Å². The molecule has 0 aromatic rings. The molecule has 0 saturated heterocycles. The SMILES string of the molecule is C=CC(=C)C(=O)OC(Cl)C(Cl)(Cl)Cl. The summed E-state index contributed by atoms with van der Waals surface area (Å²) in [6.07, 6.45) is 1.21. The van der Waals surface area contributed by atoms with Crippen molar-refractivity contribution >= 4 is 52.4 Å². The molecule has 6 heteroatoms. The topological polar surface area (TPSA) is 26.3 Å². The zero-order valence-electron chi connectivity index (χ0n) is 6.40. The molecule has 0 N–H and O–H groups in total. The van der Waals surface area contributed by atoms with Crippen molar-refractivity contribution < 1.29 is 9.53 Å². The van der Waals surface area contributed by atoms with Crippen LogP contribution in [0.3, 0.4) is 0 Å². The van der Waals surface area contributed by atoms with Crippen LogP contribution in [0, 0.1) is 0 Å². The summed E-state index contributed by atoms with van der Waals surface area (Å²) in [6.45, 7) is 6.64. The van der Waals surface area contributed by atoms with Gasteiger partial charge in [0.25, 0.3) is 0 Å². The normalized spacial score (nSPS) is 13.2. The second kappa shape index (κ2) is 5.11. The molecule has 74 valence electrons. The fourth-order valence-electron chi connectivity index (χ4n) is 0.320. The number of carbonyl (C=O) groups excluding carboxylic acids is 1. The van der Waals surface area contributed by atoms with Crippen LogP contribution in [0.5, 0.6) is 0 Å². The summed E-state index contributed by atoms with van der Waals surface area (Å²) in [5.74, 6) is -0.777. The molecule has 0 radical (unpaired) electrons. The molecule has 1 atom stereocenters. The standard InChI is InChI=1S/C7H6Cl4O2/c1-3-4(2)5(12)13-6(8)7(9,10)11/h3,6H,1-2H2. The molecule has 0 aromatic carbocycles. The van der Waals surface area contributed by atoms with Crippen LogP contribution in [0.4, 0.5) is 0 Å². The maximum atomic E-state index is 11.0. The van der Waals surface area contributed by atoms with Crippen LogP contribution in [0.25, 0.3) is 0 Å². The molecule has 0 amide bonds. The third-order valence-corrected chi connectivity index (χ3v) is 2.32. The molecule has 0 aliphatic rings. The summed E-state index contributed by atoms with van der Waals surface area (Å²) in [5, 5.41) is 0. The summed E-state index contributed by atoms with van der Waals surface area (Å²) in [5.41, 5.74) is -1.32. The van der Waals surface area contributed by atoms with E-state index in [9.17, 15) is 4.79 Å². The van der Waals surface area contributed by atoms with Gasteiger partial charge in [0, 0.05) is 0 Å². The number of halogens is 4. The summed E-state index contributed by atoms with van der Waals surface area (Å²) >= 11 is 21.5. The van der Waals surface area contributed by atoms with Crippen LogP contribution in [0.1, 0.15) is 0 Å². The van der Waals surface area contributed by atoms with E-state index < -0.39 is 15.3 Å². The van der Waals surface area contributed by atoms with E-state index in [4.69, 9.17) is 46.4 Å². The van der Waals surface area contributed by atoms with Gasteiger partial charge in [0.15, 0.2) is 0 Å². The minimum atomic E-state index is -1.86. The van der Waals surface area contributed by atoms with E-state index in [0.29, 0.717) is 0 Å². The van der Waals surface area contributed by atoms with Gasteiger partial charge in [0.2, 0.25) is 9.36 Å². The maximum Gasteiger partial charge on any atom is 0.339 e. The molecule has 0 aromatic heterocycles. The lowest BCUT2D eigenvalue weighted by atomic mass is 10.3. The van der Waals surface area contributed by atoms with E-state index in [0.717, 1.165) is 0 Å². The zero-order chi connectivity index (χ0) is 10.6. The van der Waals surface area contributed by atoms with E-state index in [-0.39, 0.29) is 5.57 Å². The number of hydrogen-bond donors (Lipinski definition) is 0. The molecule has 0 aliphatic carbocycles. The highest BCUT2D eigenvalue weighted by Gasteiger charge is 2.34. The zero-order valence-corrected chi connectivity index (χ0v) is 9.42. The first-order chi connectivity index (χ1) is 5.79. The quantitative estimate of drug-likeness (QED) is 0.338. The van der Waals surface area contributed by atoms with Gasteiger partial charge in [-0.3, -0.25) is 0 Å². The first-order valence-electron chi connectivity index (χ1n) is 3.02. The Labute approximate surface area is 96.0 Å². The van der Waals surface area contributed by atoms with Crippen molar-refractivity contribution in [2.75, 3.05) is 0 Å². The lowest BCUT2D eigenvalue weighted by Gasteiger charge is -2.17. The van der Waals surface area contributed by atoms with Gasteiger partial charge in [-0.15, -0.1) is 0 Å². The predicted molar refractivity (Wildman–Crippen MR) is 55.4 cm³/mol. The first kappa shape index (κ1) is 13.1. The van der Waals surface area contributed by atoms with Crippen molar-refractivity contribution in [2.45, 2.75) is 9.36 Å². The Hall–Kier alpha value is 0.110. The van der Waals surface area contributed by atoms with Crippen molar-refractivity contribution in [3.8, 4) is 0 Å². The van der Waals surface area contributed by atoms with E-state index in [1.54, 1.807) is 0 Å². The van der Waals surface area contributed by atoms with Crippen molar-refractivity contribution in [1.29, 1.82) is 0 Å². The summed E-state index contributed by atoms with van der Waals surface area (Å²) in [6, 6.07) is 0. The molecule has 0 aliphatic heterocycles. The highest BCUT2D eigenvalue weighted by atomic mass is 35.6. The maximum absolute atomic E-state index is 11.0. The van der Waals surface area contributed by atoms with Crippen LogP contribution < -0.4 is 0 Å². The van der Waals surface area contributed by atoms with Gasteiger partial charge in [0.05, 0.1) is 5.57 Å². The largest absolute Gasteiger partial charge is 0.438 e. The lowest BCUT2D eigenvalue weighted by Crippen LogP contribution is -2.26. The predicted octanol–water partition coefficient (Wildman–Crippen LogP) is 3.21. The third kappa shape index (κ3) is 4.77. The van der Waals surface area contributed by atoms with E-state index in [1.165, 1.54) is 6.08 Å². The van der Waals surface area contributed by atoms with E-state index in [2.05, 4.69) is 17.9 Å². The Morgan fingerprint density at radius 1 is 1.46 bits per heavy atom.